The molecule has 30 nitrogen and oxygen atoms in total. The zero-order valence-corrected chi connectivity index (χ0v) is 81.0. The van der Waals surface area contributed by atoms with Gasteiger partial charge in [0.25, 0.3) is 63.7 Å². The van der Waals surface area contributed by atoms with Crippen LogP contribution >= 0.6 is 0 Å². The van der Waals surface area contributed by atoms with E-state index in [9.17, 15) is 57.2 Å². The highest BCUT2D eigenvalue weighted by Gasteiger charge is 2.31. The monoisotopic (exact) mass is 2010 g/mol. The van der Waals surface area contributed by atoms with Crippen molar-refractivity contribution in [2.45, 2.75) is 51.8 Å². The maximum Gasteiger partial charge on any atom is 0.264 e. The van der Waals surface area contributed by atoms with Gasteiger partial charge in [-0.15, -0.1) is 0 Å². The van der Waals surface area contributed by atoms with Gasteiger partial charge in [0.15, 0.2) is 0 Å². The van der Waals surface area contributed by atoms with Gasteiger partial charge in [-0.25, -0.2) is 43.0 Å². The number of nitrogens with zero attached hydrogens (tertiary/aromatic N) is 10. The summed E-state index contributed by atoms with van der Waals surface area (Å²) < 4.78 is 144. The zero-order valence-electron chi connectivity index (χ0n) is 77.8. The van der Waals surface area contributed by atoms with Gasteiger partial charge in [0, 0.05) is 110 Å². The number of hydrogen-bond donors (Lipinski definition) is 6. The molecular formula is C110H93FN16O14S4. The number of imidazole rings is 1. The van der Waals surface area contributed by atoms with Crippen LogP contribution in [-0.2, 0) is 73.3 Å². The average Bonchev–Trinajstić information content (AvgIpc) is 0.822. The Bertz CT molecular complexity index is 8240. The minimum atomic E-state index is -4.11. The number of ether oxygens (including phenoxy) is 2. The maximum atomic E-state index is 14.1. The van der Waals surface area contributed by atoms with Crippen molar-refractivity contribution in [3.05, 3.63) is 476 Å². The standard InChI is InChI=1S/C29H27N5O4S.C29H24N4O3S.C28H22N4O3S.C24H20FN3O4S/c1-33-17-16-30-27(33)20-34(19-21-8-4-3-5-9-21)29(35)24-18-23(38-2)13-14-25(24)32-39(36,37)26-12-6-10-22-11-7-15-31-28(22)26;34-29(33(20-22-9-2-1-3-10-22)21-23-11-7-17-30-19-23)25-14-4-5-15-26(25)32-37(35,36)27-16-6-12-24-13-8-18-31-28(24)27;33-28(31-26(20-9-2-1-3-10-20)22-13-7-17-29-19-22)23-14-4-5-15-24(23)32-36(34,35)25-16-6-11-21-12-8-18-30-27(21)25;25-18-11-12-21(20(16-18)24(29)27-14-15-32-19-8-2-1-3-9-19)28-33(30,31)22-10-4-6-17-7-5-13-26-23(17)22/h3-18,32H,19-20H2,1-2H3;1-19,32H,20-21H2;1-19,26,32H,(H,31,33);1-13,16,28H,14-15H2,(H,27,29). The smallest absolute Gasteiger partial charge is 0.264 e. The molecule has 7 heterocycles. The summed E-state index contributed by atoms with van der Waals surface area (Å²) in [4.78, 5) is 87.2. The van der Waals surface area contributed by atoms with Gasteiger partial charge < -0.3 is 34.5 Å². The van der Waals surface area contributed by atoms with E-state index in [1.165, 1.54) is 55.8 Å². The van der Waals surface area contributed by atoms with Crippen LogP contribution < -0.4 is 39.0 Å². The van der Waals surface area contributed by atoms with Gasteiger partial charge in [-0.1, -0.05) is 218 Å². The van der Waals surface area contributed by atoms with Crippen molar-refractivity contribution in [2.75, 3.05) is 39.1 Å². The Morgan fingerprint density at radius 2 is 0.745 bits per heavy atom. The van der Waals surface area contributed by atoms with Crippen LogP contribution in [0.3, 0.4) is 0 Å². The topological polar surface area (TPSA) is 397 Å². The predicted molar refractivity (Wildman–Crippen MR) is 554 cm³/mol. The van der Waals surface area contributed by atoms with E-state index in [2.05, 4.69) is 64.4 Å². The molecule has 35 heteroatoms. The number of sulfonamides is 4. The molecule has 0 aliphatic carbocycles. The summed E-state index contributed by atoms with van der Waals surface area (Å²) in [7, 11) is -12.9. The first-order valence-electron chi connectivity index (χ1n) is 45.2. The molecule has 0 saturated carbocycles. The molecule has 1 atom stereocenters. The van der Waals surface area contributed by atoms with Gasteiger partial charge in [0.05, 0.1) is 93.3 Å². The number of nitrogens with one attached hydrogen (secondary N) is 6. The van der Waals surface area contributed by atoms with Crippen molar-refractivity contribution in [3.63, 3.8) is 0 Å². The number of anilines is 4. The summed E-state index contributed by atoms with van der Waals surface area (Å²) >= 11 is 0. The van der Waals surface area contributed by atoms with Crippen LogP contribution in [0.4, 0.5) is 27.1 Å². The van der Waals surface area contributed by atoms with E-state index in [1.807, 2.05) is 145 Å². The number of fused-ring (bicyclic) bond motifs is 4. The van der Waals surface area contributed by atoms with Crippen LogP contribution in [0.25, 0.3) is 43.6 Å². The number of halogens is 1. The molecule has 0 aliphatic rings. The van der Waals surface area contributed by atoms with Crippen LogP contribution in [0.1, 0.15) is 81.1 Å². The fraction of sp³-hybridized carbons (Fsp3) is 0.0818. The Morgan fingerprint density at radius 1 is 0.352 bits per heavy atom. The Balaban J connectivity index is 0.000000139. The minimum absolute atomic E-state index is 0.0176. The molecule has 19 rings (SSSR count). The molecule has 7 aromatic heterocycles. The van der Waals surface area contributed by atoms with Gasteiger partial charge in [0.1, 0.15) is 49.3 Å². The molecule has 0 spiro atoms. The maximum absolute atomic E-state index is 14.1. The van der Waals surface area contributed by atoms with Gasteiger partial charge in [0.2, 0.25) is 0 Å². The fourth-order valence-corrected chi connectivity index (χ4v) is 20.7. The molecule has 4 amide bonds. The number of hydrogen-bond acceptors (Lipinski definition) is 21. The van der Waals surface area contributed by atoms with Gasteiger partial charge >= 0.3 is 0 Å². The lowest BCUT2D eigenvalue weighted by molar-refractivity contribution is 0.0720. The van der Waals surface area contributed by atoms with Gasteiger partial charge in [-0.2, -0.15) is 0 Å². The fourth-order valence-electron chi connectivity index (χ4n) is 15.7. The first-order chi connectivity index (χ1) is 70.3. The van der Waals surface area contributed by atoms with Gasteiger partial charge in [-0.3, -0.25) is 68.0 Å². The lowest BCUT2D eigenvalue weighted by atomic mass is 9.99. The van der Waals surface area contributed by atoms with Gasteiger partial charge in [-0.05, 0) is 161 Å². The molecule has 19 aromatic rings. The average molecular weight is 2010 g/mol. The van der Waals surface area contributed by atoms with Crippen molar-refractivity contribution in [2.24, 2.45) is 7.05 Å². The third-order valence-corrected chi connectivity index (χ3v) is 28.3. The molecule has 145 heavy (non-hydrogen) atoms. The third-order valence-electron chi connectivity index (χ3n) is 22.7. The molecular weight excluding hydrogens is 1920 g/mol. The number of pyridine rings is 6. The number of para-hydroxylation sites is 7. The van der Waals surface area contributed by atoms with E-state index < -0.39 is 63.8 Å². The molecule has 12 aromatic carbocycles. The van der Waals surface area contributed by atoms with Crippen LogP contribution in [0.15, 0.2) is 433 Å². The second-order valence-corrected chi connectivity index (χ2v) is 39.2. The number of carbonyl (C=O) groups excluding carboxylic acids is 4. The van der Waals surface area contributed by atoms with Crippen molar-refractivity contribution >= 4 is 130 Å². The largest absolute Gasteiger partial charge is 0.497 e. The Kier molecular flexibility index (Phi) is 32.1. The van der Waals surface area contributed by atoms with Crippen LogP contribution in [0.2, 0.25) is 0 Å². The van der Waals surface area contributed by atoms with Crippen LogP contribution in [0, 0.1) is 5.82 Å². The quantitative estimate of drug-likeness (QED) is 0.0213. The van der Waals surface area contributed by atoms with Crippen molar-refractivity contribution < 1.29 is 66.7 Å². The van der Waals surface area contributed by atoms with Crippen molar-refractivity contribution in [3.8, 4) is 11.5 Å². The second kappa shape index (κ2) is 46.5. The normalized spacial score (nSPS) is 11.5. The summed E-state index contributed by atoms with van der Waals surface area (Å²) in [5.41, 5.74) is 6.67. The number of carbonyl (C=O) groups is 4. The first-order valence-corrected chi connectivity index (χ1v) is 51.1. The molecule has 0 fully saturated rings. The van der Waals surface area contributed by atoms with E-state index in [-0.39, 0.29) is 96.1 Å². The number of methoxy groups -OCH3 is 1. The van der Waals surface area contributed by atoms with E-state index in [0.29, 0.717) is 80.6 Å². The molecule has 0 bridgehead atoms. The molecule has 0 aliphatic heterocycles. The summed E-state index contributed by atoms with van der Waals surface area (Å²) in [6, 6.07) is 99.6. The minimum Gasteiger partial charge on any atom is -0.497 e. The summed E-state index contributed by atoms with van der Waals surface area (Å²) in [6.45, 7) is 1.51. The van der Waals surface area contributed by atoms with E-state index in [0.717, 1.165) is 39.9 Å². The van der Waals surface area contributed by atoms with Crippen LogP contribution in [0.5, 0.6) is 11.5 Å². The van der Waals surface area contributed by atoms with Crippen molar-refractivity contribution in [1.82, 2.24) is 59.9 Å². The molecule has 0 saturated heterocycles. The molecule has 728 valence electrons. The predicted octanol–water partition coefficient (Wildman–Crippen LogP) is 18.8. The summed E-state index contributed by atoms with van der Waals surface area (Å²) in [5, 5.41) is 8.40. The molecule has 6 N–H and O–H groups in total. The van der Waals surface area contributed by atoms with E-state index >= 15 is 0 Å². The number of rotatable bonds is 32. The second-order valence-electron chi connectivity index (χ2n) is 32.6. The lowest BCUT2D eigenvalue weighted by Crippen LogP contribution is -2.32. The lowest BCUT2D eigenvalue weighted by Gasteiger charge is -2.24. The third kappa shape index (κ3) is 25.3. The number of aryl methyl sites for hydroxylation is 1. The summed E-state index contributed by atoms with van der Waals surface area (Å²) in [6.07, 6.45) is 16.4. The summed E-state index contributed by atoms with van der Waals surface area (Å²) in [5.74, 6) is -0.667. The van der Waals surface area contributed by atoms with E-state index in [1.54, 1.807) is 229 Å². The number of benzene rings is 12. The highest BCUT2D eigenvalue weighted by molar-refractivity contribution is 7.94. The number of aromatic nitrogens is 8. The first kappa shape index (κ1) is 100. The van der Waals surface area contributed by atoms with E-state index in [4.69, 9.17) is 9.47 Å². The Morgan fingerprint density at radius 3 is 1.21 bits per heavy atom. The highest BCUT2D eigenvalue weighted by Crippen LogP contribution is 2.35. The number of amides is 4. The highest BCUT2D eigenvalue weighted by atomic mass is 32.2. The SMILES string of the molecule is COc1ccc(NS(=O)(=O)c2cccc3cccnc23)c(C(=O)N(Cc2ccccc2)Cc2nccn2C)c1.O=C(NC(c1ccccc1)c1cccnc1)c1ccccc1NS(=O)(=O)c1cccc2cccnc12.O=C(NCCOc1ccccc1)c1cc(F)ccc1NS(=O)(=O)c1cccc2cccnc12.O=C(c1ccccc1NS(=O)(=O)c1cccc2cccnc12)N(Cc1ccccc1)Cc1cccnc1. The molecule has 0 radical (unpaired) electrons. The van der Waals surface area contributed by atoms with Crippen LogP contribution in [-0.4, -0.2) is 127 Å². The molecule has 1 unspecified atom stereocenters. The Labute approximate surface area is 836 Å². The van der Waals surface area contributed by atoms with Crippen molar-refractivity contribution in [1.29, 1.82) is 0 Å². The Hall–Kier alpha value is -17.8. The zero-order chi connectivity index (χ0) is 101.